The number of anilines is 1. The maximum atomic E-state index is 11.8. The summed E-state index contributed by atoms with van der Waals surface area (Å²) >= 11 is 3.39. The molecule has 1 fully saturated rings. The van der Waals surface area contributed by atoms with Gasteiger partial charge in [-0.1, -0.05) is 22.0 Å². The largest absolute Gasteiger partial charge is 0.481 e. The molecule has 1 heterocycles. The van der Waals surface area contributed by atoms with E-state index in [0.717, 1.165) is 10.2 Å². The van der Waals surface area contributed by atoms with E-state index < -0.39 is 5.97 Å². The number of nitrogens with zero attached hydrogens (tertiary/aromatic N) is 2. The Labute approximate surface area is 119 Å². The number of aliphatic carboxylic acids is 1. The highest BCUT2D eigenvalue weighted by molar-refractivity contribution is 9.10. The molecule has 6 heteroatoms. The molecule has 1 amide bonds. The smallest absolute Gasteiger partial charge is 0.305 e. The van der Waals surface area contributed by atoms with Gasteiger partial charge in [-0.05, 0) is 18.2 Å². The average Bonchev–Trinajstić information content (AvgIpc) is 2.33. The van der Waals surface area contributed by atoms with Gasteiger partial charge in [0.15, 0.2) is 0 Å². The van der Waals surface area contributed by atoms with Crippen molar-refractivity contribution in [3.05, 3.63) is 28.7 Å². The zero-order valence-electron chi connectivity index (χ0n) is 10.5. The van der Waals surface area contributed by atoms with Crippen LogP contribution in [-0.2, 0) is 9.59 Å². The standard InChI is InChI=1S/C13H15BrN2O3/c1-15-7-11(6-13(18)19)16(8-12(15)17)10-4-2-3-9(14)5-10/h2-5,11H,6-8H2,1H3,(H,18,19). The lowest BCUT2D eigenvalue weighted by atomic mass is 10.1. The molecule has 2 rings (SSSR count). The van der Waals surface area contributed by atoms with Crippen LogP contribution in [0.4, 0.5) is 5.69 Å². The van der Waals surface area contributed by atoms with E-state index >= 15 is 0 Å². The van der Waals surface area contributed by atoms with Gasteiger partial charge in [0.2, 0.25) is 5.91 Å². The van der Waals surface area contributed by atoms with Crippen LogP contribution in [-0.4, -0.2) is 48.1 Å². The second-order valence-corrected chi connectivity index (χ2v) is 5.55. The summed E-state index contributed by atoms with van der Waals surface area (Å²) in [6, 6.07) is 7.36. The first-order chi connectivity index (χ1) is 8.97. The van der Waals surface area contributed by atoms with Crippen molar-refractivity contribution in [2.24, 2.45) is 0 Å². The molecule has 1 atom stereocenters. The van der Waals surface area contributed by atoms with E-state index in [1.807, 2.05) is 29.2 Å². The van der Waals surface area contributed by atoms with Crippen LogP contribution in [0.1, 0.15) is 6.42 Å². The van der Waals surface area contributed by atoms with Crippen LogP contribution in [0.15, 0.2) is 28.7 Å². The van der Waals surface area contributed by atoms with Crippen LogP contribution in [0.2, 0.25) is 0 Å². The third kappa shape index (κ3) is 3.26. The number of carbonyl (C=O) groups is 2. The molecule has 19 heavy (non-hydrogen) atoms. The van der Waals surface area contributed by atoms with Gasteiger partial charge in [-0.25, -0.2) is 0 Å². The van der Waals surface area contributed by atoms with Gasteiger partial charge in [-0.3, -0.25) is 9.59 Å². The van der Waals surface area contributed by atoms with Gasteiger partial charge in [-0.15, -0.1) is 0 Å². The van der Waals surface area contributed by atoms with Crippen LogP contribution < -0.4 is 4.90 Å². The van der Waals surface area contributed by atoms with E-state index in [4.69, 9.17) is 5.11 Å². The summed E-state index contributed by atoms with van der Waals surface area (Å²) in [6.45, 7) is 0.641. The summed E-state index contributed by atoms with van der Waals surface area (Å²) in [5, 5.41) is 9.00. The van der Waals surface area contributed by atoms with Crippen LogP contribution in [0.5, 0.6) is 0 Å². The fraction of sp³-hybridized carbons (Fsp3) is 0.385. The number of carbonyl (C=O) groups excluding carboxylic acids is 1. The average molecular weight is 327 g/mol. The summed E-state index contributed by atoms with van der Waals surface area (Å²) in [5.41, 5.74) is 0.863. The van der Waals surface area contributed by atoms with E-state index in [9.17, 15) is 9.59 Å². The Balaban J connectivity index is 2.27. The third-order valence-corrected chi connectivity index (χ3v) is 3.70. The molecule has 1 unspecified atom stereocenters. The molecule has 102 valence electrons. The molecular formula is C13H15BrN2O3. The van der Waals surface area contributed by atoms with Crippen molar-refractivity contribution in [1.29, 1.82) is 0 Å². The van der Waals surface area contributed by atoms with E-state index in [2.05, 4.69) is 15.9 Å². The Kier molecular flexibility index (Phi) is 4.09. The lowest BCUT2D eigenvalue weighted by Gasteiger charge is -2.40. The van der Waals surface area contributed by atoms with E-state index in [1.165, 1.54) is 0 Å². The number of halogens is 1. The topological polar surface area (TPSA) is 60.9 Å². The number of amides is 1. The summed E-state index contributed by atoms with van der Waals surface area (Å²) < 4.78 is 0.908. The molecule has 1 aromatic carbocycles. The molecule has 1 aliphatic heterocycles. The zero-order chi connectivity index (χ0) is 14.0. The first kappa shape index (κ1) is 13.9. The fourth-order valence-electron chi connectivity index (χ4n) is 2.25. The zero-order valence-corrected chi connectivity index (χ0v) is 12.1. The summed E-state index contributed by atoms with van der Waals surface area (Å²) in [6.07, 6.45) is 0.0180. The minimum Gasteiger partial charge on any atom is -0.481 e. The van der Waals surface area contributed by atoms with Gasteiger partial charge in [0.1, 0.15) is 0 Å². The van der Waals surface area contributed by atoms with E-state index in [0.29, 0.717) is 6.54 Å². The Bertz CT molecular complexity index is 506. The van der Waals surface area contributed by atoms with Gasteiger partial charge in [0.25, 0.3) is 0 Å². The number of carboxylic acids is 1. The van der Waals surface area contributed by atoms with Crippen LogP contribution >= 0.6 is 15.9 Å². The van der Waals surface area contributed by atoms with Crippen molar-refractivity contribution in [1.82, 2.24) is 4.90 Å². The number of piperazine rings is 1. The van der Waals surface area contributed by atoms with Crippen molar-refractivity contribution in [3.63, 3.8) is 0 Å². The molecule has 1 aliphatic rings. The second-order valence-electron chi connectivity index (χ2n) is 4.63. The SMILES string of the molecule is CN1CC(CC(=O)O)N(c2cccc(Br)c2)CC1=O. The lowest BCUT2D eigenvalue weighted by Crippen LogP contribution is -2.55. The molecule has 0 saturated carbocycles. The van der Waals surface area contributed by atoms with Crippen LogP contribution in [0.3, 0.4) is 0 Å². The molecule has 1 saturated heterocycles. The highest BCUT2D eigenvalue weighted by Crippen LogP contribution is 2.25. The quantitative estimate of drug-likeness (QED) is 0.916. The maximum absolute atomic E-state index is 11.8. The Morgan fingerprint density at radius 2 is 2.26 bits per heavy atom. The molecule has 1 aromatic rings. The van der Waals surface area contributed by atoms with Crippen molar-refractivity contribution in [2.75, 3.05) is 25.0 Å². The normalized spacial score (nSPS) is 19.7. The Morgan fingerprint density at radius 3 is 2.89 bits per heavy atom. The molecule has 0 aliphatic carbocycles. The first-order valence-electron chi connectivity index (χ1n) is 5.95. The van der Waals surface area contributed by atoms with Gasteiger partial charge in [0, 0.05) is 23.8 Å². The van der Waals surface area contributed by atoms with Gasteiger partial charge >= 0.3 is 5.97 Å². The Morgan fingerprint density at radius 1 is 1.53 bits per heavy atom. The molecule has 0 bridgehead atoms. The van der Waals surface area contributed by atoms with Gasteiger partial charge in [-0.2, -0.15) is 0 Å². The number of benzene rings is 1. The third-order valence-electron chi connectivity index (χ3n) is 3.21. The monoisotopic (exact) mass is 326 g/mol. The summed E-state index contributed by atoms with van der Waals surface area (Å²) in [7, 11) is 1.70. The van der Waals surface area contributed by atoms with E-state index in [-0.39, 0.29) is 24.9 Å². The molecule has 0 spiro atoms. The second kappa shape index (κ2) is 5.61. The molecule has 0 radical (unpaired) electrons. The van der Waals surface area contributed by atoms with Crippen molar-refractivity contribution in [3.8, 4) is 0 Å². The van der Waals surface area contributed by atoms with Crippen LogP contribution in [0, 0.1) is 0 Å². The van der Waals surface area contributed by atoms with Gasteiger partial charge in [0.05, 0.1) is 19.0 Å². The summed E-state index contributed by atoms with van der Waals surface area (Å²) in [4.78, 5) is 26.2. The number of carboxylic acid groups (broad SMARTS) is 1. The lowest BCUT2D eigenvalue weighted by molar-refractivity contribution is -0.139. The van der Waals surface area contributed by atoms with Crippen molar-refractivity contribution in [2.45, 2.75) is 12.5 Å². The highest BCUT2D eigenvalue weighted by atomic mass is 79.9. The van der Waals surface area contributed by atoms with E-state index in [1.54, 1.807) is 11.9 Å². The number of hydrogen-bond acceptors (Lipinski definition) is 3. The number of likely N-dealkylation sites (N-methyl/N-ethyl adjacent to an activating group) is 1. The fourth-order valence-corrected chi connectivity index (χ4v) is 2.63. The molecular weight excluding hydrogens is 312 g/mol. The molecule has 0 aromatic heterocycles. The highest BCUT2D eigenvalue weighted by Gasteiger charge is 2.31. The minimum absolute atomic E-state index is 0.00149. The summed E-state index contributed by atoms with van der Waals surface area (Å²) in [5.74, 6) is -0.852. The maximum Gasteiger partial charge on any atom is 0.305 e. The van der Waals surface area contributed by atoms with Crippen molar-refractivity contribution < 1.29 is 14.7 Å². The van der Waals surface area contributed by atoms with Gasteiger partial charge < -0.3 is 14.9 Å². The predicted molar refractivity (Wildman–Crippen MR) is 75.2 cm³/mol. The van der Waals surface area contributed by atoms with Crippen molar-refractivity contribution >= 4 is 33.5 Å². The minimum atomic E-state index is -0.854. The number of hydrogen-bond donors (Lipinski definition) is 1. The predicted octanol–water partition coefficient (Wildman–Crippen LogP) is 1.57. The first-order valence-corrected chi connectivity index (χ1v) is 6.74. The Hall–Kier alpha value is -1.56. The molecule has 1 N–H and O–H groups in total. The number of rotatable bonds is 3. The molecule has 5 nitrogen and oxygen atoms in total. The van der Waals surface area contributed by atoms with Crippen LogP contribution in [0.25, 0.3) is 0 Å².